The Hall–Kier alpha value is -2.64. The van der Waals surface area contributed by atoms with Gasteiger partial charge in [0.05, 0.1) is 0 Å². The summed E-state index contributed by atoms with van der Waals surface area (Å²) in [6.07, 6.45) is 0.926. The molecule has 0 spiro atoms. The number of hydrogen-bond donors (Lipinski definition) is 4. The van der Waals surface area contributed by atoms with E-state index in [9.17, 15) is 14.4 Å². The lowest BCUT2D eigenvalue weighted by atomic mass is 10.1. The number of carboxylic acid groups (broad SMARTS) is 2. The summed E-state index contributed by atoms with van der Waals surface area (Å²) in [6.45, 7) is 0. The number of nitrogens with zero attached hydrogens (tertiary/aromatic N) is 1. The summed E-state index contributed by atoms with van der Waals surface area (Å²) in [6, 6.07) is 2.83. The lowest BCUT2D eigenvalue weighted by Gasteiger charge is -2.13. The Kier molecular flexibility index (Phi) is 5.27. The van der Waals surface area contributed by atoms with Crippen LogP contribution in [0.3, 0.4) is 0 Å². The molecule has 0 saturated heterocycles. The molecule has 2 amide bonds. The quantitative estimate of drug-likeness (QED) is 0.594. The highest BCUT2D eigenvalue weighted by Gasteiger charge is 2.20. The molecule has 0 bridgehead atoms. The maximum absolute atomic E-state index is 11.5. The van der Waals surface area contributed by atoms with Crippen LogP contribution in [0.1, 0.15) is 12.8 Å². The normalized spacial score (nSPS) is 11.4. The minimum Gasteiger partial charge on any atom is -0.481 e. The number of carbonyl (C=O) groups is 3. The second-order valence-electron chi connectivity index (χ2n) is 3.64. The molecule has 1 atom stereocenters. The van der Waals surface area contributed by atoms with Crippen molar-refractivity contribution in [3.63, 3.8) is 0 Å². The van der Waals surface area contributed by atoms with Crippen molar-refractivity contribution in [1.29, 1.82) is 0 Å². The molecule has 0 radical (unpaired) electrons. The zero-order valence-corrected chi connectivity index (χ0v) is 9.87. The number of urea groups is 1. The molecular formula is C11H13N3O5. The number of rotatable bonds is 6. The average molecular weight is 267 g/mol. The molecule has 1 heterocycles. The van der Waals surface area contributed by atoms with E-state index in [0.29, 0.717) is 0 Å². The number of pyridine rings is 1. The van der Waals surface area contributed by atoms with Gasteiger partial charge < -0.3 is 15.5 Å². The van der Waals surface area contributed by atoms with Gasteiger partial charge in [-0.1, -0.05) is 6.07 Å². The van der Waals surface area contributed by atoms with E-state index in [1.54, 1.807) is 12.1 Å². The molecule has 0 aliphatic rings. The Morgan fingerprint density at radius 3 is 2.53 bits per heavy atom. The molecule has 8 nitrogen and oxygen atoms in total. The molecule has 0 fully saturated rings. The van der Waals surface area contributed by atoms with Gasteiger partial charge in [0.2, 0.25) is 0 Å². The lowest BCUT2D eigenvalue weighted by molar-refractivity contribution is -0.140. The maximum Gasteiger partial charge on any atom is 0.326 e. The number of aliphatic carboxylic acids is 2. The molecule has 0 aliphatic heterocycles. The first kappa shape index (κ1) is 14.4. The third kappa shape index (κ3) is 5.48. The van der Waals surface area contributed by atoms with Gasteiger partial charge in [0.25, 0.3) is 0 Å². The smallest absolute Gasteiger partial charge is 0.326 e. The number of carboxylic acids is 2. The zero-order valence-electron chi connectivity index (χ0n) is 9.87. The van der Waals surface area contributed by atoms with Gasteiger partial charge in [-0.2, -0.15) is 0 Å². The first-order valence-corrected chi connectivity index (χ1v) is 5.42. The van der Waals surface area contributed by atoms with Gasteiger partial charge in [-0.15, -0.1) is 0 Å². The Labute approximate surface area is 108 Å². The van der Waals surface area contributed by atoms with Crippen LogP contribution < -0.4 is 10.6 Å². The molecule has 1 rings (SSSR count). The third-order valence-corrected chi connectivity index (χ3v) is 2.16. The number of amides is 2. The maximum atomic E-state index is 11.5. The SMILES string of the molecule is O=C(O)CCC(NC(=O)Nc1ccccn1)C(=O)O. The fraction of sp³-hybridized carbons (Fsp3) is 0.273. The summed E-state index contributed by atoms with van der Waals surface area (Å²) in [5, 5.41) is 21.8. The summed E-state index contributed by atoms with van der Waals surface area (Å²) < 4.78 is 0. The molecule has 19 heavy (non-hydrogen) atoms. The van der Waals surface area contributed by atoms with Crippen LogP contribution in [0.5, 0.6) is 0 Å². The molecule has 1 aromatic heterocycles. The van der Waals surface area contributed by atoms with E-state index in [1.807, 2.05) is 0 Å². The topological polar surface area (TPSA) is 129 Å². The monoisotopic (exact) mass is 267 g/mol. The van der Waals surface area contributed by atoms with E-state index in [1.165, 1.54) is 12.3 Å². The minimum atomic E-state index is -1.29. The molecule has 0 aliphatic carbocycles. The van der Waals surface area contributed by atoms with Crippen molar-refractivity contribution in [2.24, 2.45) is 0 Å². The Morgan fingerprint density at radius 1 is 1.26 bits per heavy atom. The van der Waals surface area contributed by atoms with Crippen molar-refractivity contribution in [3.8, 4) is 0 Å². The van der Waals surface area contributed by atoms with Gasteiger partial charge in [-0.25, -0.2) is 14.6 Å². The second-order valence-corrected chi connectivity index (χ2v) is 3.64. The van der Waals surface area contributed by atoms with Crippen molar-refractivity contribution in [2.75, 3.05) is 5.32 Å². The predicted molar refractivity (Wildman–Crippen MR) is 64.7 cm³/mol. The Morgan fingerprint density at radius 2 is 2.00 bits per heavy atom. The van der Waals surface area contributed by atoms with Gasteiger partial charge in [-0.3, -0.25) is 10.1 Å². The second kappa shape index (κ2) is 6.94. The molecule has 8 heteroatoms. The molecular weight excluding hydrogens is 254 g/mol. The van der Waals surface area contributed by atoms with Crippen LogP contribution in [0.25, 0.3) is 0 Å². The fourth-order valence-corrected chi connectivity index (χ4v) is 1.27. The Bertz CT molecular complexity index is 463. The zero-order chi connectivity index (χ0) is 14.3. The first-order valence-electron chi connectivity index (χ1n) is 5.42. The third-order valence-electron chi connectivity index (χ3n) is 2.16. The van der Waals surface area contributed by atoms with E-state index < -0.39 is 24.0 Å². The predicted octanol–water partition coefficient (Wildman–Crippen LogP) is 0.521. The van der Waals surface area contributed by atoms with Crippen molar-refractivity contribution < 1.29 is 24.6 Å². The molecule has 1 unspecified atom stereocenters. The van der Waals surface area contributed by atoms with Crippen LogP contribution in [-0.4, -0.2) is 39.2 Å². The highest BCUT2D eigenvalue weighted by atomic mass is 16.4. The van der Waals surface area contributed by atoms with E-state index in [2.05, 4.69) is 15.6 Å². The molecule has 102 valence electrons. The van der Waals surface area contributed by atoms with Crippen LogP contribution in [0.15, 0.2) is 24.4 Å². The number of carbonyl (C=O) groups excluding carboxylic acids is 1. The first-order chi connectivity index (χ1) is 8.99. The van der Waals surface area contributed by atoms with Crippen LogP contribution in [0.2, 0.25) is 0 Å². The van der Waals surface area contributed by atoms with Gasteiger partial charge in [-0.05, 0) is 18.6 Å². The molecule has 0 saturated carbocycles. The van der Waals surface area contributed by atoms with Gasteiger partial charge in [0.1, 0.15) is 11.9 Å². The number of hydrogen-bond acceptors (Lipinski definition) is 4. The van der Waals surface area contributed by atoms with Crippen LogP contribution in [0.4, 0.5) is 10.6 Å². The average Bonchev–Trinajstić information content (AvgIpc) is 2.35. The highest BCUT2D eigenvalue weighted by Crippen LogP contribution is 2.02. The van der Waals surface area contributed by atoms with Crippen LogP contribution >= 0.6 is 0 Å². The van der Waals surface area contributed by atoms with Crippen molar-refractivity contribution >= 4 is 23.8 Å². The summed E-state index contributed by atoms with van der Waals surface area (Å²) in [4.78, 5) is 36.6. The van der Waals surface area contributed by atoms with Crippen molar-refractivity contribution in [2.45, 2.75) is 18.9 Å². The molecule has 1 aromatic rings. The van der Waals surface area contributed by atoms with Gasteiger partial charge >= 0.3 is 18.0 Å². The number of anilines is 1. The Balaban J connectivity index is 2.52. The lowest BCUT2D eigenvalue weighted by Crippen LogP contribution is -2.43. The largest absolute Gasteiger partial charge is 0.481 e. The minimum absolute atomic E-state index is 0.194. The molecule has 0 aromatic carbocycles. The van der Waals surface area contributed by atoms with Crippen molar-refractivity contribution in [1.82, 2.24) is 10.3 Å². The fourth-order valence-electron chi connectivity index (χ4n) is 1.27. The van der Waals surface area contributed by atoms with Gasteiger partial charge in [0, 0.05) is 12.6 Å². The van der Waals surface area contributed by atoms with Crippen LogP contribution in [0, 0.1) is 0 Å². The highest BCUT2D eigenvalue weighted by molar-refractivity contribution is 5.91. The van der Waals surface area contributed by atoms with Crippen molar-refractivity contribution in [3.05, 3.63) is 24.4 Å². The van der Waals surface area contributed by atoms with E-state index in [4.69, 9.17) is 10.2 Å². The van der Waals surface area contributed by atoms with Gasteiger partial charge in [0.15, 0.2) is 0 Å². The number of nitrogens with one attached hydrogen (secondary N) is 2. The summed E-state index contributed by atoms with van der Waals surface area (Å²) >= 11 is 0. The summed E-state index contributed by atoms with van der Waals surface area (Å²) in [5.41, 5.74) is 0. The summed E-state index contributed by atoms with van der Waals surface area (Å²) in [5.74, 6) is -2.15. The number of aromatic nitrogens is 1. The molecule has 4 N–H and O–H groups in total. The van der Waals surface area contributed by atoms with Crippen LogP contribution in [-0.2, 0) is 9.59 Å². The van der Waals surface area contributed by atoms with E-state index in [-0.39, 0.29) is 18.7 Å². The van der Waals surface area contributed by atoms with E-state index >= 15 is 0 Å². The van der Waals surface area contributed by atoms with E-state index in [0.717, 1.165) is 0 Å². The standard InChI is InChI=1S/C11H13N3O5/c15-9(16)5-4-7(10(17)18)13-11(19)14-8-3-1-2-6-12-8/h1-3,6-7H,4-5H2,(H,15,16)(H,17,18)(H2,12,13,14,19). The summed E-state index contributed by atoms with van der Waals surface area (Å²) in [7, 11) is 0.